The van der Waals surface area contributed by atoms with Gasteiger partial charge >= 0.3 is 12.0 Å². The average molecular weight is 669 g/mol. The summed E-state index contributed by atoms with van der Waals surface area (Å²) in [4.78, 5) is 41.0. The third-order valence-corrected chi connectivity index (χ3v) is 9.48. The molecule has 12 nitrogen and oxygen atoms in total. The van der Waals surface area contributed by atoms with Crippen LogP contribution < -0.4 is 10.6 Å². The highest BCUT2D eigenvalue weighted by Crippen LogP contribution is 2.32. The average Bonchev–Trinajstić information content (AvgIpc) is 2.97. The van der Waals surface area contributed by atoms with E-state index in [1.165, 1.54) is 0 Å². The maximum absolute atomic E-state index is 12.9. The lowest BCUT2D eigenvalue weighted by atomic mass is 9.87. The number of methoxy groups -OCH3 is 1. The molecule has 3 amide bonds. The Kier molecular flexibility index (Phi) is 17.1. The van der Waals surface area contributed by atoms with Gasteiger partial charge in [-0.15, -0.1) is 0 Å². The van der Waals surface area contributed by atoms with Crippen LogP contribution in [0.3, 0.4) is 0 Å². The van der Waals surface area contributed by atoms with Gasteiger partial charge in [0, 0.05) is 39.8 Å². The van der Waals surface area contributed by atoms with Crippen LogP contribution in [0.2, 0.25) is 0 Å². The SMILES string of the molecule is CO[C@H](C(C)OC(C)(C)C[C@H](C)CC/C=C(\C)[C@H]1O[C@@H](CC(=O)N[C@@H](CCNC(=O)N2CCN(C)CC2)C(=O)O)CC[C@@H]1C)[C@@H](C)O. The van der Waals surface area contributed by atoms with Crippen molar-refractivity contribution in [2.24, 2.45) is 11.8 Å². The summed E-state index contributed by atoms with van der Waals surface area (Å²) in [6, 6.07) is -1.30. The summed E-state index contributed by atoms with van der Waals surface area (Å²) in [6.07, 6.45) is 5.23. The smallest absolute Gasteiger partial charge is 0.326 e. The summed E-state index contributed by atoms with van der Waals surface area (Å²) >= 11 is 0. The summed E-state index contributed by atoms with van der Waals surface area (Å²) < 4.78 is 18.1. The first-order valence-corrected chi connectivity index (χ1v) is 17.5. The minimum Gasteiger partial charge on any atom is -0.480 e. The van der Waals surface area contributed by atoms with Gasteiger partial charge < -0.3 is 44.9 Å². The van der Waals surface area contributed by atoms with E-state index in [4.69, 9.17) is 14.2 Å². The van der Waals surface area contributed by atoms with Crippen molar-refractivity contribution < 1.29 is 38.8 Å². The predicted molar refractivity (Wildman–Crippen MR) is 182 cm³/mol. The number of piperazine rings is 1. The van der Waals surface area contributed by atoms with Gasteiger partial charge in [-0.25, -0.2) is 9.59 Å². The Labute approximate surface area is 282 Å². The largest absolute Gasteiger partial charge is 0.480 e. The number of carbonyl (C=O) groups is 3. The maximum Gasteiger partial charge on any atom is 0.326 e. The molecule has 2 heterocycles. The van der Waals surface area contributed by atoms with E-state index in [2.05, 4.69) is 56.2 Å². The normalized spacial score (nSPS) is 24.6. The first kappa shape index (κ1) is 40.9. The maximum atomic E-state index is 12.9. The Morgan fingerprint density at radius 3 is 2.34 bits per heavy atom. The number of urea groups is 1. The van der Waals surface area contributed by atoms with Crippen LogP contribution >= 0.6 is 0 Å². The molecule has 2 saturated heterocycles. The number of aliphatic hydroxyl groups is 1. The number of allylic oxidation sites excluding steroid dienone is 1. The zero-order valence-corrected chi connectivity index (χ0v) is 30.4. The number of aliphatic carboxylic acids is 1. The molecular formula is C35H64N4O8. The summed E-state index contributed by atoms with van der Waals surface area (Å²) in [5, 5.41) is 25.1. The number of carboxylic acid groups (broad SMARTS) is 1. The van der Waals surface area contributed by atoms with Crippen molar-refractivity contribution in [3.8, 4) is 0 Å². The summed E-state index contributed by atoms with van der Waals surface area (Å²) in [7, 11) is 3.60. The molecule has 1 unspecified atom stereocenters. The van der Waals surface area contributed by atoms with Crippen LogP contribution in [0.25, 0.3) is 0 Å². The highest BCUT2D eigenvalue weighted by atomic mass is 16.6. The van der Waals surface area contributed by atoms with Crippen molar-refractivity contribution in [3.63, 3.8) is 0 Å². The Hall–Kier alpha value is -2.25. The second-order valence-corrected chi connectivity index (χ2v) is 14.6. The molecule has 12 heteroatoms. The van der Waals surface area contributed by atoms with E-state index in [9.17, 15) is 24.6 Å². The fraction of sp³-hybridized carbons (Fsp3) is 0.857. The number of hydrogen-bond acceptors (Lipinski definition) is 8. The molecule has 0 radical (unpaired) electrons. The first-order chi connectivity index (χ1) is 22.0. The van der Waals surface area contributed by atoms with Gasteiger partial charge in [0.2, 0.25) is 5.91 Å². The lowest BCUT2D eigenvalue weighted by Crippen LogP contribution is -2.51. The van der Waals surface area contributed by atoms with E-state index in [1.807, 2.05) is 14.0 Å². The molecule has 0 bridgehead atoms. The van der Waals surface area contributed by atoms with E-state index in [-0.39, 0.29) is 61.3 Å². The van der Waals surface area contributed by atoms with E-state index in [0.717, 1.165) is 50.8 Å². The van der Waals surface area contributed by atoms with Crippen LogP contribution in [-0.4, -0.2) is 127 Å². The van der Waals surface area contributed by atoms with Crippen molar-refractivity contribution >= 4 is 17.9 Å². The van der Waals surface area contributed by atoms with E-state index in [0.29, 0.717) is 24.9 Å². The van der Waals surface area contributed by atoms with Crippen molar-refractivity contribution in [1.82, 2.24) is 20.4 Å². The number of carbonyl (C=O) groups excluding carboxylic acids is 2. The number of likely N-dealkylation sites (N-methyl/N-ethyl adjacent to an activating group) is 1. The third-order valence-electron chi connectivity index (χ3n) is 9.48. The first-order valence-electron chi connectivity index (χ1n) is 17.5. The van der Waals surface area contributed by atoms with Crippen LogP contribution in [0.4, 0.5) is 4.79 Å². The van der Waals surface area contributed by atoms with E-state index in [1.54, 1.807) is 18.9 Å². The molecule has 0 aromatic rings. The van der Waals surface area contributed by atoms with Crippen molar-refractivity contribution in [3.05, 3.63) is 11.6 Å². The van der Waals surface area contributed by atoms with Crippen LogP contribution in [0, 0.1) is 11.8 Å². The van der Waals surface area contributed by atoms with E-state index >= 15 is 0 Å². The molecule has 8 atom stereocenters. The molecular weight excluding hydrogens is 604 g/mol. The second-order valence-electron chi connectivity index (χ2n) is 14.6. The number of rotatable bonds is 18. The molecule has 0 spiro atoms. The molecule has 2 fully saturated rings. The zero-order chi connectivity index (χ0) is 35.3. The van der Waals surface area contributed by atoms with Crippen molar-refractivity contribution in [1.29, 1.82) is 0 Å². The quantitative estimate of drug-likeness (QED) is 0.160. The number of nitrogens with one attached hydrogen (secondary N) is 2. The van der Waals surface area contributed by atoms with Gasteiger partial charge in [-0.2, -0.15) is 0 Å². The lowest BCUT2D eigenvalue weighted by Gasteiger charge is -2.36. The molecule has 4 N–H and O–H groups in total. The van der Waals surface area contributed by atoms with E-state index < -0.39 is 18.1 Å². The molecule has 2 aliphatic heterocycles. The summed E-state index contributed by atoms with van der Waals surface area (Å²) in [6.45, 7) is 17.3. The number of hydrogen-bond donors (Lipinski definition) is 4. The molecule has 0 aliphatic carbocycles. The molecule has 0 aromatic carbocycles. The molecule has 272 valence electrons. The topological polar surface area (TPSA) is 150 Å². The van der Waals surface area contributed by atoms with Crippen LogP contribution in [0.15, 0.2) is 11.6 Å². The molecule has 47 heavy (non-hydrogen) atoms. The van der Waals surface area contributed by atoms with Crippen LogP contribution in [0.1, 0.15) is 93.4 Å². The molecule has 0 aromatic heterocycles. The minimum absolute atomic E-state index is 0.0935. The second kappa shape index (κ2) is 19.7. The number of ether oxygens (including phenoxy) is 3. The number of aliphatic hydroxyl groups excluding tert-OH is 1. The van der Waals surface area contributed by atoms with Crippen molar-refractivity contribution in [2.75, 3.05) is 46.9 Å². The third kappa shape index (κ3) is 14.4. The fourth-order valence-corrected chi connectivity index (χ4v) is 6.93. The predicted octanol–water partition coefficient (Wildman–Crippen LogP) is 3.81. The lowest BCUT2D eigenvalue weighted by molar-refractivity contribution is -0.150. The minimum atomic E-state index is -1.13. The fourth-order valence-electron chi connectivity index (χ4n) is 6.93. The standard InChI is InChI=1S/C35H64N4O8/c1-23(22-35(6,7)47-27(5)32(45-9)26(4)40)11-10-12-24(2)31-25(3)13-14-28(46-31)21-30(41)37-29(33(42)43)15-16-36-34(44)39-19-17-38(8)18-20-39/h12,23,25-29,31-32,40H,10-11,13-22H2,1-9H3,(H,36,44)(H,37,41)(H,42,43)/b24-12+/t23-,25+,26-,27?,28-,29+,31-,32+/m1/s1. The molecule has 0 saturated carbocycles. The van der Waals surface area contributed by atoms with Gasteiger partial charge in [0.25, 0.3) is 0 Å². The van der Waals surface area contributed by atoms with Gasteiger partial charge in [-0.05, 0) is 97.6 Å². The molecule has 2 aliphatic rings. The van der Waals surface area contributed by atoms with Gasteiger partial charge in [-0.3, -0.25) is 4.79 Å². The highest BCUT2D eigenvalue weighted by molar-refractivity contribution is 5.83. The highest BCUT2D eigenvalue weighted by Gasteiger charge is 2.33. The number of amides is 3. The Morgan fingerprint density at radius 1 is 1.09 bits per heavy atom. The van der Waals surface area contributed by atoms with Crippen LogP contribution in [0.5, 0.6) is 0 Å². The van der Waals surface area contributed by atoms with Gasteiger partial charge in [0.15, 0.2) is 0 Å². The van der Waals surface area contributed by atoms with Crippen LogP contribution in [-0.2, 0) is 23.8 Å². The summed E-state index contributed by atoms with van der Waals surface area (Å²) in [5.41, 5.74) is 0.786. The number of carboxylic acids is 1. The zero-order valence-electron chi connectivity index (χ0n) is 30.4. The van der Waals surface area contributed by atoms with Gasteiger partial charge in [0.1, 0.15) is 12.1 Å². The Morgan fingerprint density at radius 2 is 1.74 bits per heavy atom. The Bertz CT molecular complexity index is 1010. The summed E-state index contributed by atoms with van der Waals surface area (Å²) in [5.74, 6) is -0.756. The molecule has 2 rings (SSSR count). The van der Waals surface area contributed by atoms with Crippen molar-refractivity contribution in [2.45, 2.75) is 136 Å². The number of nitrogens with zero attached hydrogens (tertiary/aromatic N) is 2. The monoisotopic (exact) mass is 668 g/mol. The Balaban J connectivity index is 1.80. The van der Waals surface area contributed by atoms with Gasteiger partial charge in [0.05, 0.1) is 36.4 Å². The van der Waals surface area contributed by atoms with Gasteiger partial charge in [-0.1, -0.05) is 19.9 Å².